The van der Waals surface area contributed by atoms with E-state index in [-0.39, 0.29) is 18.5 Å². The summed E-state index contributed by atoms with van der Waals surface area (Å²) in [6.07, 6.45) is 0.981. The van der Waals surface area contributed by atoms with Gasteiger partial charge in [0.1, 0.15) is 5.69 Å². The molecule has 20 heavy (non-hydrogen) atoms. The third-order valence-corrected chi connectivity index (χ3v) is 3.48. The number of benzene rings is 1. The van der Waals surface area contributed by atoms with Crippen molar-refractivity contribution in [3.8, 4) is 0 Å². The molecule has 2 rings (SSSR count). The molecule has 0 amide bonds. The van der Waals surface area contributed by atoms with E-state index in [9.17, 15) is 14.7 Å². The van der Waals surface area contributed by atoms with Gasteiger partial charge in [-0.1, -0.05) is 13.0 Å². The Bertz CT molecular complexity index is 685. The first-order chi connectivity index (χ1) is 9.43. The number of H-pyrrole nitrogens is 1. The Morgan fingerprint density at radius 2 is 1.95 bits per heavy atom. The van der Waals surface area contributed by atoms with Crippen LogP contribution in [0.25, 0.3) is 10.9 Å². The lowest BCUT2D eigenvalue weighted by Crippen LogP contribution is -2.04. The molecule has 0 aliphatic heterocycles. The van der Waals surface area contributed by atoms with Gasteiger partial charge in [0, 0.05) is 17.3 Å². The number of hydrogen-bond acceptors (Lipinski definition) is 2. The monoisotopic (exact) mass is 275 g/mol. The first-order valence-electron chi connectivity index (χ1n) is 6.53. The molecule has 5 heteroatoms. The summed E-state index contributed by atoms with van der Waals surface area (Å²) in [6, 6.07) is 3.97. The Labute approximate surface area is 116 Å². The molecular formula is C15H17NO4. The first kappa shape index (κ1) is 14.1. The number of rotatable bonds is 5. The second-order valence-corrected chi connectivity index (χ2v) is 4.87. The van der Waals surface area contributed by atoms with Gasteiger partial charge in [0.25, 0.3) is 0 Å². The van der Waals surface area contributed by atoms with E-state index in [0.29, 0.717) is 5.56 Å². The van der Waals surface area contributed by atoms with Crippen molar-refractivity contribution in [3.63, 3.8) is 0 Å². The number of hydrogen-bond donors (Lipinski definition) is 3. The van der Waals surface area contributed by atoms with Crippen molar-refractivity contribution >= 4 is 22.8 Å². The van der Waals surface area contributed by atoms with Crippen LogP contribution in [0.2, 0.25) is 0 Å². The lowest BCUT2D eigenvalue weighted by atomic mass is 10.0. The fourth-order valence-corrected chi connectivity index (χ4v) is 2.48. The smallest absolute Gasteiger partial charge is 0.352 e. The van der Waals surface area contributed by atoms with Gasteiger partial charge in [-0.3, -0.25) is 4.79 Å². The molecule has 0 aliphatic carbocycles. The molecule has 0 saturated carbocycles. The van der Waals surface area contributed by atoms with Crippen molar-refractivity contribution in [2.75, 3.05) is 0 Å². The second-order valence-electron chi connectivity index (χ2n) is 4.87. The van der Waals surface area contributed by atoms with E-state index < -0.39 is 11.9 Å². The molecule has 0 saturated heterocycles. The van der Waals surface area contributed by atoms with Crippen molar-refractivity contribution in [3.05, 3.63) is 34.5 Å². The summed E-state index contributed by atoms with van der Waals surface area (Å²) in [6.45, 7) is 3.95. The highest BCUT2D eigenvalue weighted by Gasteiger charge is 2.19. The summed E-state index contributed by atoms with van der Waals surface area (Å²) in [7, 11) is 0. The summed E-state index contributed by atoms with van der Waals surface area (Å²) in [4.78, 5) is 25.0. The van der Waals surface area contributed by atoms with Crippen molar-refractivity contribution in [1.82, 2.24) is 4.98 Å². The average molecular weight is 275 g/mol. The van der Waals surface area contributed by atoms with Gasteiger partial charge >= 0.3 is 11.9 Å². The second kappa shape index (κ2) is 5.36. The van der Waals surface area contributed by atoms with E-state index in [0.717, 1.165) is 28.5 Å². The van der Waals surface area contributed by atoms with Gasteiger partial charge < -0.3 is 15.2 Å². The number of aryl methyl sites for hydroxylation is 3. The average Bonchev–Trinajstić information content (AvgIpc) is 2.75. The zero-order valence-corrected chi connectivity index (χ0v) is 11.5. The molecule has 0 spiro atoms. The predicted octanol–water partition coefficient (Wildman–Crippen LogP) is 2.75. The molecule has 5 nitrogen and oxygen atoms in total. The minimum Gasteiger partial charge on any atom is -0.481 e. The van der Waals surface area contributed by atoms with Crippen molar-refractivity contribution in [1.29, 1.82) is 0 Å². The van der Waals surface area contributed by atoms with Gasteiger partial charge in [-0.25, -0.2) is 4.79 Å². The van der Waals surface area contributed by atoms with Gasteiger partial charge in [0.05, 0.1) is 0 Å². The summed E-state index contributed by atoms with van der Waals surface area (Å²) in [5, 5.41) is 18.9. The number of carboxylic acid groups (broad SMARTS) is 2. The van der Waals surface area contributed by atoms with Gasteiger partial charge in [-0.05, 0) is 42.5 Å². The van der Waals surface area contributed by atoms with E-state index >= 15 is 0 Å². The number of carbonyl (C=O) groups is 2. The maximum atomic E-state index is 11.3. The summed E-state index contributed by atoms with van der Waals surface area (Å²) in [5.41, 5.74) is 3.54. The van der Waals surface area contributed by atoms with E-state index in [1.165, 1.54) is 0 Å². The fraction of sp³-hybridized carbons (Fsp3) is 0.333. The molecular weight excluding hydrogens is 258 g/mol. The Kier molecular flexibility index (Phi) is 3.79. The van der Waals surface area contributed by atoms with Crippen LogP contribution in [0.4, 0.5) is 0 Å². The van der Waals surface area contributed by atoms with Crippen LogP contribution in [-0.2, 0) is 17.6 Å². The standard InChI is InChI=1S/C15H17NO4/c1-3-9-6-8(2)13-11(7-9)10(4-5-12(17)18)14(16-13)15(19)20/h6-7,16H,3-5H2,1-2H3,(H,17,18)(H,19,20). The van der Waals surface area contributed by atoms with E-state index in [4.69, 9.17) is 5.11 Å². The molecule has 0 atom stereocenters. The number of fused-ring (bicyclic) bond motifs is 1. The van der Waals surface area contributed by atoms with E-state index in [1.807, 2.05) is 26.0 Å². The van der Waals surface area contributed by atoms with Crippen LogP contribution in [0.1, 0.15) is 40.5 Å². The Balaban J connectivity index is 2.65. The maximum Gasteiger partial charge on any atom is 0.352 e. The van der Waals surface area contributed by atoms with E-state index in [2.05, 4.69) is 4.98 Å². The molecule has 0 radical (unpaired) electrons. The zero-order valence-electron chi connectivity index (χ0n) is 11.5. The Hall–Kier alpha value is -2.30. The van der Waals surface area contributed by atoms with Crippen LogP contribution in [0, 0.1) is 6.92 Å². The summed E-state index contributed by atoms with van der Waals surface area (Å²) >= 11 is 0. The molecule has 1 aromatic heterocycles. The molecule has 0 bridgehead atoms. The number of aromatic nitrogens is 1. The van der Waals surface area contributed by atoms with Crippen LogP contribution < -0.4 is 0 Å². The van der Waals surface area contributed by atoms with Crippen molar-refractivity contribution in [2.45, 2.75) is 33.1 Å². The highest BCUT2D eigenvalue weighted by molar-refractivity contribution is 5.98. The summed E-state index contributed by atoms with van der Waals surface area (Å²) < 4.78 is 0. The lowest BCUT2D eigenvalue weighted by Gasteiger charge is -2.03. The van der Waals surface area contributed by atoms with Gasteiger partial charge in [-0.2, -0.15) is 0 Å². The quantitative estimate of drug-likeness (QED) is 0.782. The molecule has 2 aromatic rings. The van der Waals surface area contributed by atoms with Crippen LogP contribution in [0.15, 0.2) is 12.1 Å². The van der Waals surface area contributed by atoms with Crippen molar-refractivity contribution < 1.29 is 19.8 Å². The van der Waals surface area contributed by atoms with Crippen LogP contribution in [0.3, 0.4) is 0 Å². The highest BCUT2D eigenvalue weighted by atomic mass is 16.4. The molecule has 106 valence electrons. The Morgan fingerprint density at radius 1 is 1.25 bits per heavy atom. The van der Waals surface area contributed by atoms with Crippen LogP contribution >= 0.6 is 0 Å². The lowest BCUT2D eigenvalue weighted by molar-refractivity contribution is -0.136. The topological polar surface area (TPSA) is 90.4 Å². The minimum absolute atomic E-state index is 0.0807. The highest BCUT2D eigenvalue weighted by Crippen LogP contribution is 2.28. The number of nitrogens with one attached hydrogen (secondary N) is 1. The van der Waals surface area contributed by atoms with E-state index in [1.54, 1.807) is 0 Å². The minimum atomic E-state index is -1.06. The van der Waals surface area contributed by atoms with Crippen LogP contribution in [0.5, 0.6) is 0 Å². The van der Waals surface area contributed by atoms with Gasteiger partial charge in [-0.15, -0.1) is 0 Å². The van der Waals surface area contributed by atoms with Gasteiger partial charge in [0.15, 0.2) is 0 Å². The van der Waals surface area contributed by atoms with Crippen molar-refractivity contribution in [2.24, 2.45) is 0 Å². The number of aliphatic carboxylic acids is 1. The largest absolute Gasteiger partial charge is 0.481 e. The number of carboxylic acids is 2. The SMILES string of the molecule is CCc1cc(C)c2[nH]c(C(=O)O)c(CCC(=O)O)c2c1. The number of aromatic carboxylic acids is 1. The normalized spacial score (nSPS) is 10.9. The molecule has 1 aromatic carbocycles. The van der Waals surface area contributed by atoms with Crippen LogP contribution in [-0.4, -0.2) is 27.1 Å². The Morgan fingerprint density at radius 3 is 2.50 bits per heavy atom. The molecule has 0 aliphatic rings. The first-order valence-corrected chi connectivity index (χ1v) is 6.53. The molecule has 3 N–H and O–H groups in total. The predicted molar refractivity (Wildman–Crippen MR) is 75.3 cm³/mol. The third-order valence-electron chi connectivity index (χ3n) is 3.48. The summed E-state index contributed by atoms with van der Waals surface area (Å²) in [5.74, 6) is -1.99. The maximum absolute atomic E-state index is 11.3. The molecule has 1 heterocycles. The number of aromatic amines is 1. The van der Waals surface area contributed by atoms with Gasteiger partial charge in [0.2, 0.25) is 0 Å². The molecule has 0 fully saturated rings. The molecule has 0 unspecified atom stereocenters. The fourth-order valence-electron chi connectivity index (χ4n) is 2.48. The zero-order chi connectivity index (χ0) is 14.9. The third kappa shape index (κ3) is 2.52.